The Morgan fingerprint density at radius 3 is 1.04 bits per heavy atom. The number of aryl methyl sites for hydroxylation is 2. The zero-order valence-corrected chi connectivity index (χ0v) is 36.8. The summed E-state index contributed by atoms with van der Waals surface area (Å²) in [6.45, 7) is 9.15. The lowest BCUT2D eigenvalue weighted by Crippen LogP contribution is -2.03. The summed E-state index contributed by atoms with van der Waals surface area (Å²) in [5.41, 5.74) is 22.1. The van der Waals surface area contributed by atoms with Gasteiger partial charge in [-0.15, -0.1) is 0 Å². The number of allylic oxidation sites excluding steroid dienone is 2. The smallest absolute Gasteiger partial charge is 0.211 e. The first-order valence-corrected chi connectivity index (χ1v) is 24.3. The van der Waals surface area contributed by atoms with E-state index in [0.29, 0.717) is 0 Å². The number of benzene rings is 2. The van der Waals surface area contributed by atoms with Crippen molar-refractivity contribution in [3.8, 4) is 0 Å². The second kappa shape index (κ2) is 30.6. The number of hydrogen-bond acceptors (Lipinski definition) is 0. The molecule has 55 heavy (non-hydrogen) atoms. The molecule has 2 aromatic rings. The molecule has 0 saturated carbocycles. The molecule has 0 aliphatic carbocycles. The summed E-state index contributed by atoms with van der Waals surface area (Å²) in [6.07, 6.45) is 43.8. The van der Waals surface area contributed by atoms with Gasteiger partial charge in [0.15, 0.2) is 0 Å². The van der Waals surface area contributed by atoms with E-state index in [1.54, 1.807) is 4.70 Å². The fourth-order valence-electron chi connectivity index (χ4n) is 8.76. The molecule has 0 amide bonds. The van der Waals surface area contributed by atoms with Crippen LogP contribution in [-0.2, 0) is 12.8 Å². The Morgan fingerprint density at radius 2 is 0.636 bits per heavy atom. The predicted octanol–water partition coefficient (Wildman–Crippen LogP) is 18.1. The first-order chi connectivity index (χ1) is 27.1. The molecule has 1 heterocycles. The van der Waals surface area contributed by atoms with Gasteiger partial charge in [-0.05, 0) is 86.8 Å². The molecule has 0 atom stereocenters. The zero-order valence-electron chi connectivity index (χ0n) is 36.8. The molecule has 0 spiro atoms. The molecule has 1 aliphatic heterocycles. The lowest BCUT2D eigenvalue weighted by atomic mass is 9.91. The van der Waals surface area contributed by atoms with Crippen LogP contribution in [0.4, 0.5) is 0 Å². The molecule has 0 unspecified atom stereocenters. The monoisotopic (exact) mass is 751 g/mol. The van der Waals surface area contributed by atoms with Gasteiger partial charge in [0.25, 0.3) is 0 Å². The highest BCUT2D eigenvalue weighted by Gasteiger charge is 2.35. The summed E-state index contributed by atoms with van der Waals surface area (Å²) in [5, 5.41) is 0. The van der Waals surface area contributed by atoms with Gasteiger partial charge in [-0.2, -0.15) is 0 Å². The van der Waals surface area contributed by atoms with Crippen LogP contribution in [0.15, 0.2) is 59.7 Å². The zero-order chi connectivity index (χ0) is 39.2. The van der Waals surface area contributed by atoms with Gasteiger partial charge in [0.2, 0.25) is 11.4 Å². The van der Waals surface area contributed by atoms with Crippen LogP contribution in [0.3, 0.4) is 0 Å². The third-order valence-electron chi connectivity index (χ3n) is 12.2. The fourth-order valence-corrected chi connectivity index (χ4v) is 8.76. The number of unbranched alkanes of at least 4 members (excludes halogenated alkanes) is 25. The minimum atomic E-state index is 1.02. The molecule has 3 rings (SSSR count). The number of nitrogens with zero attached hydrogens (tertiary/aromatic N) is 2. The Morgan fingerprint density at radius 1 is 0.345 bits per heavy atom. The SMILES string of the molecule is CCCCCCCCCCCCCCCCCCCCCCCc1cccc(C2=C(CCCC)C(CCCCCC)=C(c3cccc(CCCC)c3)[N+]2=[N-])c1. The second-order valence-corrected chi connectivity index (χ2v) is 17.2. The molecule has 2 aromatic carbocycles. The molecule has 0 aromatic heterocycles. The minimum Gasteiger partial charge on any atom is -0.493 e. The summed E-state index contributed by atoms with van der Waals surface area (Å²) in [4.78, 5) is 0. The van der Waals surface area contributed by atoms with Crippen molar-refractivity contribution in [3.63, 3.8) is 0 Å². The van der Waals surface area contributed by atoms with Gasteiger partial charge >= 0.3 is 0 Å². The lowest BCUT2D eigenvalue weighted by Gasteiger charge is -2.12. The first-order valence-electron chi connectivity index (χ1n) is 24.3. The number of hydrogen-bond donors (Lipinski definition) is 0. The minimum absolute atomic E-state index is 1.02. The molecule has 2 nitrogen and oxygen atoms in total. The topological polar surface area (TPSA) is 25.3 Å². The van der Waals surface area contributed by atoms with Gasteiger partial charge < -0.3 is 5.53 Å². The maximum Gasteiger partial charge on any atom is 0.211 e. The van der Waals surface area contributed by atoms with Crippen molar-refractivity contribution < 1.29 is 4.70 Å². The van der Waals surface area contributed by atoms with Crippen LogP contribution in [0.1, 0.15) is 249 Å². The Bertz CT molecular complexity index is 1360. The highest BCUT2D eigenvalue weighted by atomic mass is 15.2. The molecule has 0 fully saturated rings. The largest absolute Gasteiger partial charge is 0.493 e. The van der Waals surface area contributed by atoms with Gasteiger partial charge in [-0.25, -0.2) is 4.70 Å². The van der Waals surface area contributed by atoms with Crippen LogP contribution in [-0.4, -0.2) is 4.70 Å². The molecule has 2 heteroatoms. The average molecular weight is 751 g/mol. The van der Waals surface area contributed by atoms with Crippen molar-refractivity contribution in [3.05, 3.63) is 87.5 Å². The van der Waals surface area contributed by atoms with Gasteiger partial charge in [0.05, 0.1) is 0 Å². The van der Waals surface area contributed by atoms with E-state index in [1.165, 1.54) is 207 Å². The van der Waals surface area contributed by atoms with E-state index in [4.69, 9.17) is 0 Å². The molecule has 0 saturated heterocycles. The average Bonchev–Trinajstić information content (AvgIpc) is 3.48. The van der Waals surface area contributed by atoms with Crippen LogP contribution < -0.4 is 0 Å². The first kappa shape index (κ1) is 46.9. The van der Waals surface area contributed by atoms with Crippen molar-refractivity contribution in [1.29, 1.82) is 0 Å². The van der Waals surface area contributed by atoms with E-state index >= 15 is 0 Å². The van der Waals surface area contributed by atoms with Crippen LogP contribution in [0.25, 0.3) is 16.9 Å². The van der Waals surface area contributed by atoms with Crippen molar-refractivity contribution >= 4 is 11.4 Å². The Kier molecular flexibility index (Phi) is 26.1. The highest BCUT2D eigenvalue weighted by Crippen LogP contribution is 2.45. The van der Waals surface area contributed by atoms with E-state index in [2.05, 4.69) is 76.2 Å². The van der Waals surface area contributed by atoms with Gasteiger partial charge in [0.1, 0.15) is 0 Å². The van der Waals surface area contributed by atoms with E-state index in [1.807, 2.05) is 0 Å². The summed E-state index contributed by atoms with van der Waals surface area (Å²) in [7, 11) is 0. The third kappa shape index (κ3) is 18.6. The molecule has 308 valence electrons. The van der Waals surface area contributed by atoms with Gasteiger partial charge in [-0.1, -0.05) is 212 Å². The van der Waals surface area contributed by atoms with Crippen LogP contribution >= 0.6 is 0 Å². The van der Waals surface area contributed by atoms with E-state index < -0.39 is 0 Å². The Labute approximate surface area is 342 Å². The fraction of sp³-hybridized carbons (Fsp3) is 0.698. The van der Waals surface area contributed by atoms with Gasteiger partial charge in [0, 0.05) is 22.3 Å². The second-order valence-electron chi connectivity index (χ2n) is 17.2. The predicted molar refractivity (Wildman–Crippen MR) is 244 cm³/mol. The Balaban J connectivity index is 1.43. The summed E-state index contributed by atoms with van der Waals surface area (Å²) in [5.74, 6) is 0. The normalized spacial score (nSPS) is 13.2. The van der Waals surface area contributed by atoms with Crippen LogP contribution in [0.5, 0.6) is 0 Å². The standard InChI is InChI=1S/C53H86N2/c1-5-9-13-15-16-17-18-19-20-21-22-23-24-25-26-27-28-29-30-31-32-37-47-39-35-41-49(45-47)52-50(42-12-8-4)51(43-33-14-10-6-2)53(55(52)54)48-40-34-38-46(44-48)36-11-7-3/h34-35,38-41,44-45H,5-33,36-37,42-43H2,1-4H3. The van der Waals surface area contributed by atoms with E-state index in [9.17, 15) is 5.53 Å². The summed E-state index contributed by atoms with van der Waals surface area (Å²) in [6, 6.07) is 18.2. The van der Waals surface area contributed by atoms with Crippen molar-refractivity contribution in [2.45, 2.75) is 240 Å². The molecule has 0 bridgehead atoms. The molecular weight excluding hydrogens is 665 g/mol. The molecule has 0 N–H and O–H groups in total. The van der Waals surface area contributed by atoms with Crippen molar-refractivity contribution in [2.75, 3.05) is 0 Å². The molecular formula is C53H86N2. The van der Waals surface area contributed by atoms with Gasteiger partial charge in [-0.3, -0.25) is 0 Å². The van der Waals surface area contributed by atoms with Crippen LogP contribution in [0.2, 0.25) is 0 Å². The Hall–Kier alpha value is -2.48. The third-order valence-corrected chi connectivity index (χ3v) is 12.2. The van der Waals surface area contributed by atoms with E-state index in [-0.39, 0.29) is 0 Å². The molecule has 0 radical (unpaired) electrons. The molecule has 1 aliphatic rings. The summed E-state index contributed by atoms with van der Waals surface area (Å²) >= 11 is 0. The maximum absolute atomic E-state index is 12.1. The van der Waals surface area contributed by atoms with Crippen molar-refractivity contribution in [2.24, 2.45) is 0 Å². The quantitative estimate of drug-likeness (QED) is 0.0495. The summed E-state index contributed by atoms with van der Waals surface area (Å²) < 4.78 is 1.59. The maximum atomic E-state index is 12.1. The van der Waals surface area contributed by atoms with Crippen molar-refractivity contribution in [1.82, 2.24) is 0 Å². The van der Waals surface area contributed by atoms with Crippen LogP contribution in [0, 0.1) is 0 Å². The lowest BCUT2D eigenvalue weighted by molar-refractivity contribution is -0.345. The highest BCUT2D eigenvalue weighted by molar-refractivity contribution is 5.82. The van der Waals surface area contributed by atoms with E-state index in [0.717, 1.165) is 49.9 Å². The number of rotatable bonds is 35.